The van der Waals surface area contributed by atoms with Gasteiger partial charge < -0.3 is 10.1 Å². The molecular formula is C11H15NO2. The predicted molar refractivity (Wildman–Crippen MR) is 55.5 cm³/mol. The van der Waals surface area contributed by atoms with Crippen molar-refractivity contribution in [2.45, 2.75) is 12.8 Å². The molecular weight excluding hydrogens is 178 g/mol. The lowest BCUT2D eigenvalue weighted by Gasteiger charge is -2.10. The molecule has 0 radical (unpaired) electrons. The summed E-state index contributed by atoms with van der Waals surface area (Å²) in [6.45, 7) is 1.88. The Labute approximate surface area is 84.1 Å². The smallest absolute Gasteiger partial charge is 0.227 e. The van der Waals surface area contributed by atoms with Crippen LogP contribution in [-0.2, 0) is 4.79 Å². The van der Waals surface area contributed by atoms with Crippen molar-refractivity contribution in [3.05, 3.63) is 29.8 Å². The second kappa shape index (κ2) is 4.65. The molecule has 0 saturated carbocycles. The van der Waals surface area contributed by atoms with E-state index in [1.807, 2.05) is 31.2 Å². The Hall–Kier alpha value is -1.51. The molecule has 0 aliphatic heterocycles. The average Bonchev–Trinajstić information content (AvgIpc) is 2.27. The first-order chi connectivity index (χ1) is 6.69. The number of benzene rings is 1. The third-order valence-corrected chi connectivity index (χ3v) is 2.26. The minimum Gasteiger partial charge on any atom is -0.497 e. The van der Waals surface area contributed by atoms with Crippen LogP contribution in [0.5, 0.6) is 5.75 Å². The quantitative estimate of drug-likeness (QED) is 0.790. The normalized spacial score (nSPS) is 11.9. The number of likely N-dealkylation sites (N-methyl/N-ethyl adjacent to an activating group) is 1. The van der Waals surface area contributed by atoms with Crippen LogP contribution in [0, 0.1) is 0 Å². The van der Waals surface area contributed by atoms with Crippen LogP contribution in [0.15, 0.2) is 24.3 Å². The lowest BCUT2D eigenvalue weighted by molar-refractivity contribution is -0.121. The van der Waals surface area contributed by atoms with Crippen molar-refractivity contribution in [3.63, 3.8) is 0 Å². The number of ether oxygens (including phenoxy) is 1. The van der Waals surface area contributed by atoms with Crippen LogP contribution in [0.25, 0.3) is 0 Å². The van der Waals surface area contributed by atoms with E-state index in [2.05, 4.69) is 5.32 Å². The fourth-order valence-corrected chi connectivity index (χ4v) is 1.26. The lowest BCUT2D eigenvalue weighted by Crippen LogP contribution is -2.23. The van der Waals surface area contributed by atoms with E-state index in [0.29, 0.717) is 0 Å². The molecule has 14 heavy (non-hydrogen) atoms. The predicted octanol–water partition coefficient (Wildman–Crippen LogP) is 1.54. The highest BCUT2D eigenvalue weighted by molar-refractivity contribution is 5.82. The van der Waals surface area contributed by atoms with E-state index in [9.17, 15) is 4.79 Å². The second-order valence-electron chi connectivity index (χ2n) is 3.11. The van der Waals surface area contributed by atoms with Crippen molar-refractivity contribution < 1.29 is 9.53 Å². The topological polar surface area (TPSA) is 38.3 Å². The summed E-state index contributed by atoms with van der Waals surface area (Å²) in [5.41, 5.74) is 0.991. The summed E-state index contributed by atoms with van der Waals surface area (Å²) in [6, 6.07) is 7.51. The molecule has 0 aliphatic rings. The summed E-state index contributed by atoms with van der Waals surface area (Å²) >= 11 is 0. The molecule has 76 valence electrons. The lowest BCUT2D eigenvalue weighted by atomic mass is 10.0. The Bertz CT molecular complexity index is 306. The van der Waals surface area contributed by atoms with E-state index >= 15 is 0 Å². The zero-order valence-electron chi connectivity index (χ0n) is 8.70. The van der Waals surface area contributed by atoms with Gasteiger partial charge in [0.2, 0.25) is 5.91 Å². The third kappa shape index (κ3) is 2.25. The summed E-state index contributed by atoms with van der Waals surface area (Å²) < 4.78 is 5.04. The van der Waals surface area contributed by atoms with Gasteiger partial charge in [-0.15, -0.1) is 0 Å². The van der Waals surface area contributed by atoms with Crippen molar-refractivity contribution in [1.29, 1.82) is 0 Å². The molecule has 3 heteroatoms. The number of hydrogen-bond acceptors (Lipinski definition) is 2. The standard InChI is InChI=1S/C11H15NO2/c1-8(11(13)12-2)9-4-6-10(14-3)7-5-9/h4-8H,1-3H3,(H,12,13). The Balaban J connectivity index is 2.81. The number of amides is 1. The molecule has 1 aromatic carbocycles. The summed E-state index contributed by atoms with van der Waals surface area (Å²) in [4.78, 5) is 11.3. The Morgan fingerprint density at radius 2 is 1.93 bits per heavy atom. The van der Waals surface area contributed by atoms with Crippen LogP contribution in [-0.4, -0.2) is 20.1 Å². The maximum atomic E-state index is 11.3. The molecule has 1 unspecified atom stereocenters. The molecule has 1 aromatic rings. The number of carbonyl (C=O) groups is 1. The van der Waals surface area contributed by atoms with Crippen LogP contribution < -0.4 is 10.1 Å². The van der Waals surface area contributed by atoms with E-state index < -0.39 is 0 Å². The van der Waals surface area contributed by atoms with Crippen molar-refractivity contribution in [3.8, 4) is 5.75 Å². The van der Waals surface area contributed by atoms with Crippen LogP contribution in [0.4, 0.5) is 0 Å². The van der Waals surface area contributed by atoms with Gasteiger partial charge in [0.15, 0.2) is 0 Å². The van der Waals surface area contributed by atoms with Crippen molar-refractivity contribution in [1.82, 2.24) is 5.32 Å². The molecule has 0 aromatic heterocycles. The highest BCUT2D eigenvalue weighted by Crippen LogP contribution is 2.18. The SMILES string of the molecule is CNC(=O)C(C)c1ccc(OC)cc1. The number of carbonyl (C=O) groups excluding carboxylic acids is 1. The molecule has 1 rings (SSSR count). The highest BCUT2D eigenvalue weighted by Gasteiger charge is 2.12. The molecule has 0 heterocycles. The zero-order chi connectivity index (χ0) is 10.6. The van der Waals surface area contributed by atoms with E-state index in [-0.39, 0.29) is 11.8 Å². The summed E-state index contributed by atoms with van der Waals surface area (Å²) in [5.74, 6) is 0.707. The minimum atomic E-state index is -0.120. The largest absolute Gasteiger partial charge is 0.497 e. The number of hydrogen-bond donors (Lipinski definition) is 1. The van der Waals surface area contributed by atoms with Gasteiger partial charge in [-0.3, -0.25) is 4.79 Å². The number of methoxy groups -OCH3 is 1. The molecule has 1 N–H and O–H groups in total. The number of nitrogens with one attached hydrogen (secondary N) is 1. The van der Waals surface area contributed by atoms with E-state index in [4.69, 9.17) is 4.74 Å². The maximum absolute atomic E-state index is 11.3. The summed E-state index contributed by atoms with van der Waals surface area (Å²) in [6.07, 6.45) is 0. The molecule has 0 bridgehead atoms. The van der Waals surface area contributed by atoms with Gasteiger partial charge in [0.05, 0.1) is 13.0 Å². The first kappa shape index (κ1) is 10.6. The Morgan fingerprint density at radius 3 is 2.36 bits per heavy atom. The number of rotatable bonds is 3. The molecule has 0 aliphatic carbocycles. The van der Waals surface area contributed by atoms with Gasteiger partial charge >= 0.3 is 0 Å². The fourth-order valence-electron chi connectivity index (χ4n) is 1.26. The average molecular weight is 193 g/mol. The maximum Gasteiger partial charge on any atom is 0.227 e. The van der Waals surface area contributed by atoms with Crippen molar-refractivity contribution in [2.24, 2.45) is 0 Å². The molecule has 0 spiro atoms. The third-order valence-electron chi connectivity index (χ3n) is 2.26. The summed E-state index contributed by atoms with van der Waals surface area (Å²) in [5, 5.41) is 2.62. The fraction of sp³-hybridized carbons (Fsp3) is 0.364. The van der Waals surface area contributed by atoms with Gasteiger partial charge in [-0.25, -0.2) is 0 Å². The molecule has 1 atom stereocenters. The van der Waals surface area contributed by atoms with Gasteiger partial charge in [-0.2, -0.15) is 0 Å². The van der Waals surface area contributed by atoms with Gasteiger partial charge in [0.25, 0.3) is 0 Å². The molecule has 0 saturated heterocycles. The Morgan fingerprint density at radius 1 is 1.36 bits per heavy atom. The molecule has 3 nitrogen and oxygen atoms in total. The molecule has 1 amide bonds. The highest BCUT2D eigenvalue weighted by atomic mass is 16.5. The zero-order valence-corrected chi connectivity index (χ0v) is 8.70. The van der Waals surface area contributed by atoms with Crippen LogP contribution in [0.3, 0.4) is 0 Å². The first-order valence-electron chi connectivity index (χ1n) is 4.54. The monoisotopic (exact) mass is 193 g/mol. The van der Waals surface area contributed by atoms with Crippen molar-refractivity contribution in [2.75, 3.05) is 14.2 Å². The van der Waals surface area contributed by atoms with Gasteiger partial charge in [-0.05, 0) is 24.6 Å². The van der Waals surface area contributed by atoms with Gasteiger partial charge in [-0.1, -0.05) is 12.1 Å². The summed E-state index contributed by atoms with van der Waals surface area (Å²) in [7, 11) is 3.26. The van der Waals surface area contributed by atoms with Gasteiger partial charge in [0.1, 0.15) is 5.75 Å². The van der Waals surface area contributed by atoms with Gasteiger partial charge in [0, 0.05) is 7.05 Å². The van der Waals surface area contributed by atoms with Crippen molar-refractivity contribution >= 4 is 5.91 Å². The second-order valence-corrected chi connectivity index (χ2v) is 3.11. The van der Waals surface area contributed by atoms with E-state index in [1.54, 1.807) is 14.2 Å². The molecule has 0 fully saturated rings. The van der Waals surface area contributed by atoms with E-state index in [0.717, 1.165) is 11.3 Å². The Kier molecular flexibility index (Phi) is 3.51. The van der Waals surface area contributed by atoms with E-state index in [1.165, 1.54) is 0 Å². The van der Waals surface area contributed by atoms with Crippen LogP contribution >= 0.6 is 0 Å². The van der Waals surface area contributed by atoms with Crippen LogP contribution in [0.1, 0.15) is 18.4 Å². The minimum absolute atomic E-state index is 0.0233. The van der Waals surface area contributed by atoms with Crippen LogP contribution in [0.2, 0.25) is 0 Å². The first-order valence-corrected chi connectivity index (χ1v) is 4.54.